The summed E-state index contributed by atoms with van der Waals surface area (Å²) in [5.74, 6) is 0. The summed E-state index contributed by atoms with van der Waals surface area (Å²) in [4.78, 5) is 0. The third-order valence-electron chi connectivity index (χ3n) is 4.23. The molecule has 0 radical (unpaired) electrons. The van der Waals surface area contributed by atoms with Gasteiger partial charge in [-0.3, -0.25) is 0 Å². The van der Waals surface area contributed by atoms with Crippen LogP contribution in [0, 0.1) is 0 Å². The molecule has 0 saturated carbocycles. The predicted molar refractivity (Wildman–Crippen MR) is 107 cm³/mol. The fraction of sp³-hybridized carbons (Fsp3) is 0.632. The van der Waals surface area contributed by atoms with Gasteiger partial charge in [0.25, 0.3) is 0 Å². The zero-order valence-corrected chi connectivity index (χ0v) is 17.9. The Hall–Kier alpha value is -0.880. The summed E-state index contributed by atoms with van der Waals surface area (Å²) in [5, 5.41) is 0. The van der Waals surface area contributed by atoms with E-state index < -0.39 is 7.81 Å². The van der Waals surface area contributed by atoms with Crippen LogP contribution in [0.4, 0.5) is 25.2 Å². The molecular weight excluding hydrogens is 419 g/mol. The number of para-hydroxylation sites is 1. The Kier molecular flexibility index (Phi) is 9.20. The molecule has 0 spiro atoms. The Morgan fingerprint density at radius 1 is 0.750 bits per heavy atom. The Morgan fingerprint density at radius 2 is 1.21 bits per heavy atom. The Bertz CT molecular complexity index is 687. The van der Waals surface area contributed by atoms with Gasteiger partial charge in [0.15, 0.2) is 0 Å². The van der Waals surface area contributed by atoms with E-state index in [1.54, 1.807) is 0 Å². The van der Waals surface area contributed by atoms with Gasteiger partial charge in [-0.05, 0) is 12.5 Å². The van der Waals surface area contributed by atoms with E-state index in [1.807, 2.05) is 11.3 Å². The Balaban J connectivity index is 0.000000480. The number of benzene rings is 1. The topological polar surface area (TPSA) is 3.88 Å². The molecule has 2 rings (SSSR count). The van der Waals surface area contributed by atoms with Crippen LogP contribution in [0.1, 0.15) is 71.1 Å². The number of hydrogen-bond donors (Lipinski definition) is 0. The zero-order valence-electron chi connectivity index (χ0n) is 16.2. The van der Waals surface area contributed by atoms with E-state index in [2.05, 4.69) is 41.3 Å². The Labute approximate surface area is 167 Å². The van der Waals surface area contributed by atoms with Crippen LogP contribution < -0.4 is 4.57 Å². The quantitative estimate of drug-likeness (QED) is 0.139. The standard InChI is InChI=1S/C19H30NS.F6P/c1-2-3-4-5-6-7-8-9-10-13-16-20-17-21-19-15-12-11-14-18(19)20;1-7(2,3,4,5)6/h11-12,14-15,17H,2-10,13,16H2,1H3;/q+1;-1. The second-order valence-electron chi connectivity index (χ2n) is 7.02. The van der Waals surface area contributed by atoms with Crippen LogP contribution in [0.5, 0.6) is 0 Å². The summed E-state index contributed by atoms with van der Waals surface area (Å²) >= 11 is 1.86. The third-order valence-corrected chi connectivity index (χ3v) is 5.19. The van der Waals surface area contributed by atoms with Crippen molar-refractivity contribution in [2.24, 2.45) is 0 Å². The molecule has 28 heavy (non-hydrogen) atoms. The van der Waals surface area contributed by atoms with Crippen molar-refractivity contribution in [1.29, 1.82) is 0 Å². The van der Waals surface area contributed by atoms with Crippen LogP contribution in [0.3, 0.4) is 0 Å². The number of unbranched alkanes of at least 4 members (excludes halogenated alkanes) is 9. The van der Waals surface area contributed by atoms with Crippen molar-refractivity contribution >= 4 is 29.4 Å². The van der Waals surface area contributed by atoms with E-state index >= 15 is 0 Å². The van der Waals surface area contributed by atoms with Crippen molar-refractivity contribution in [3.63, 3.8) is 0 Å². The van der Waals surface area contributed by atoms with Crippen molar-refractivity contribution in [3.8, 4) is 0 Å². The normalized spacial score (nSPS) is 14.2. The molecule has 0 fully saturated rings. The second-order valence-corrected chi connectivity index (χ2v) is 9.83. The molecule has 2 aromatic rings. The number of nitrogens with zero attached hydrogens (tertiary/aromatic N) is 1. The van der Waals surface area contributed by atoms with E-state index in [4.69, 9.17) is 0 Å². The Morgan fingerprint density at radius 3 is 1.75 bits per heavy atom. The van der Waals surface area contributed by atoms with Gasteiger partial charge in [-0.15, -0.1) is 0 Å². The van der Waals surface area contributed by atoms with Crippen LogP contribution in [-0.4, -0.2) is 0 Å². The van der Waals surface area contributed by atoms with Gasteiger partial charge in [0.05, 0.1) is 0 Å². The fourth-order valence-electron chi connectivity index (χ4n) is 2.91. The molecule has 9 heteroatoms. The first-order valence-electron chi connectivity index (χ1n) is 9.79. The molecule has 164 valence electrons. The first kappa shape index (κ1) is 25.2. The molecule has 0 amide bonds. The first-order chi connectivity index (χ1) is 12.9. The molecule has 1 heterocycles. The summed E-state index contributed by atoms with van der Waals surface area (Å²) in [6, 6.07) is 8.73. The van der Waals surface area contributed by atoms with Gasteiger partial charge >= 0.3 is 33.0 Å². The number of hydrogen-bond acceptors (Lipinski definition) is 1. The van der Waals surface area contributed by atoms with Crippen LogP contribution in [0.25, 0.3) is 10.2 Å². The summed E-state index contributed by atoms with van der Waals surface area (Å²) in [6.07, 6.45) is 14.1. The summed E-state index contributed by atoms with van der Waals surface area (Å²) in [5.41, 5.74) is 3.68. The van der Waals surface area contributed by atoms with E-state index in [0.29, 0.717) is 0 Å². The van der Waals surface area contributed by atoms with Gasteiger partial charge in [0.2, 0.25) is 11.0 Å². The molecular formula is C19H30F6NPS. The van der Waals surface area contributed by atoms with Gasteiger partial charge in [0, 0.05) is 12.5 Å². The molecule has 0 saturated heterocycles. The maximum atomic E-state index is 9.87. The van der Waals surface area contributed by atoms with E-state index in [-0.39, 0.29) is 0 Å². The molecule has 0 atom stereocenters. The maximum absolute atomic E-state index is 10.7. The van der Waals surface area contributed by atoms with Crippen molar-refractivity contribution in [3.05, 3.63) is 29.8 Å². The van der Waals surface area contributed by atoms with Crippen LogP contribution in [0.15, 0.2) is 29.8 Å². The molecule has 0 bridgehead atoms. The van der Waals surface area contributed by atoms with Gasteiger partial charge in [-0.2, -0.15) is 4.57 Å². The molecule has 0 unspecified atom stereocenters. The van der Waals surface area contributed by atoms with Crippen LogP contribution in [0.2, 0.25) is 0 Å². The van der Waals surface area contributed by atoms with Crippen LogP contribution >= 0.6 is 19.1 Å². The minimum atomic E-state index is -10.7. The molecule has 0 N–H and O–H groups in total. The average Bonchev–Trinajstić information content (AvgIpc) is 2.97. The number of aryl methyl sites for hydroxylation is 1. The average molecular weight is 449 g/mol. The van der Waals surface area contributed by atoms with Crippen molar-refractivity contribution in [2.75, 3.05) is 0 Å². The SMILES string of the molecule is CCCCCCCCCCCC[n+]1csc2ccccc21.F[P-](F)(F)(F)(F)F. The number of fused-ring (bicyclic) bond motifs is 1. The molecule has 1 aromatic heterocycles. The molecule has 1 aromatic carbocycles. The van der Waals surface area contributed by atoms with Gasteiger partial charge in [-0.1, -0.05) is 81.8 Å². The monoisotopic (exact) mass is 449 g/mol. The van der Waals surface area contributed by atoms with E-state index in [0.717, 1.165) is 0 Å². The third kappa shape index (κ3) is 15.1. The number of rotatable bonds is 11. The van der Waals surface area contributed by atoms with Gasteiger partial charge < -0.3 is 0 Å². The fourth-order valence-corrected chi connectivity index (χ4v) is 3.84. The number of thiazole rings is 1. The molecule has 0 aliphatic carbocycles. The van der Waals surface area contributed by atoms with Crippen LogP contribution in [-0.2, 0) is 6.54 Å². The number of halogens is 6. The van der Waals surface area contributed by atoms with Gasteiger partial charge in [-0.25, -0.2) is 0 Å². The van der Waals surface area contributed by atoms with Crippen molar-refractivity contribution < 1.29 is 29.7 Å². The molecule has 0 aliphatic rings. The zero-order chi connectivity index (χ0) is 21.2. The van der Waals surface area contributed by atoms with Crippen molar-refractivity contribution in [1.82, 2.24) is 0 Å². The van der Waals surface area contributed by atoms with E-state index in [9.17, 15) is 25.2 Å². The van der Waals surface area contributed by atoms with Crippen molar-refractivity contribution in [2.45, 2.75) is 77.7 Å². The van der Waals surface area contributed by atoms with Gasteiger partial charge in [0.1, 0.15) is 11.2 Å². The minimum absolute atomic E-state index is 1.18. The predicted octanol–water partition coefficient (Wildman–Crippen LogP) is 9.49. The van der Waals surface area contributed by atoms with E-state index in [1.165, 1.54) is 81.0 Å². The summed E-state index contributed by atoms with van der Waals surface area (Å²) < 4.78 is 63.0. The molecule has 0 aliphatic heterocycles. The summed E-state index contributed by atoms with van der Waals surface area (Å²) in [6.45, 7) is 3.47. The number of aromatic nitrogens is 1. The summed E-state index contributed by atoms with van der Waals surface area (Å²) in [7, 11) is -10.7. The second kappa shape index (κ2) is 10.2. The first-order valence-corrected chi connectivity index (χ1v) is 12.7. The molecule has 1 nitrogen and oxygen atoms in total.